The van der Waals surface area contributed by atoms with Gasteiger partial charge in [-0.2, -0.15) is 17.5 Å². The summed E-state index contributed by atoms with van der Waals surface area (Å²) in [4.78, 5) is 0.150. The molecule has 3 rings (SSSR count). The lowest BCUT2D eigenvalue weighted by Crippen LogP contribution is -2.38. The minimum absolute atomic E-state index is 0.150. The van der Waals surface area contributed by atoms with Crippen LogP contribution in [-0.2, 0) is 16.2 Å². The quantitative estimate of drug-likeness (QED) is 0.771. The van der Waals surface area contributed by atoms with Crippen LogP contribution in [0.4, 0.5) is 13.2 Å². The maximum atomic E-state index is 13.2. The molecule has 0 N–H and O–H groups in total. The minimum Gasteiger partial charge on any atom is -0.497 e. The molecular weight excluding hydrogens is 379 g/mol. The summed E-state index contributed by atoms with van der Waals surface area (Å²) in [7, 11) is -2.18. The van der Waals surface area contributed by atoms with Crippen LogP contribution in [0.15, 0.2) is 53.4 Å². The zero-order chi connectivity index (χ0) is 19.7. The van der Waals surface area contributed by atoms with E-state index in [0.29, 0.717) is 18.6 Å². The van der Waals surface area contributed by atoms with E-state index in [4.69, 9.17) is 4.74 Å². The summed E-state index contributed by atoms with van der Waals surface area (Å²) in [6.45, 7) is 0.371. The lowest BCUT2D eigenvalue weighted by molar-refractivity contribution is -0.138. The Morgan fingerprint density at radius 3 is 2.15 bits per heavy atom. The van der Waals surface area contributed by atoms with Gasteiger partial charge in [-0.15, -0.1) is 0 Å². The van der Waals surface area contributed by atoms with Crippen molar-refractivity contribution in [2.24, 2.45) is 0 Å². The van der Waals surface area contributed by atoms with Gasteiger partial charge < -0.3 is 4.74 Å². The minimum atomic E-state index is -4.41. The fourth-order valence-electron chi connectivity index (χ4n) is 3.42. The Kier molecular flexibility index (Phi) is 5.48. The molecule has 0 bridgehead atoms. The summed E-state index contributed by atoms with van der Waals surface area (Å²) in [5.41, 5.74) is -0.395. The van der Waals surface area contributed by atoms with Gasteiger partial charge >= 0.3 is 6.18 Å². The summed E-state index contributed by atoms with van der Waals surface area (Å²) in [5.74, 6) is 0.238. The van der Waals surface area contributed by atoms with Gasteiger partial charge in [0.1, 0.15) is 5.75 Å². The van der Waals surface area contributed by atoms with E-state index in [0.717, 1.165) is 6.07 Å². The van der Waals surface area contributed by atoms with Crippen molar-refractivity contribution in [3.8, 4) is 5.75 Å². The van der Waals surface area contributed by atoms with Crippen molar-refractivity contribution in [1.29, 1.82) is 0 Å². The average molecular weight is 399 g/mol. The summed E-state index contributed by atoms with van der Waals surface area (Å²) in [6, 6.07) is 11.6. The number of benzene rings is 2. The Labute approximate surface area is 156 Å². The maximum Gasteiger partial charge on any atom is 0.416 e. The average Bonchev–Trinajstić information content (AvgIpc) is 2.67. The molecule has 1 saturated heterocycles. The third kappa shape index (κ3) is 4.11. The van der Waals surface area contributed by atoms with Crippen molar-refractivity contribution in [2.75, 3.05) is 20.2 Å². The number of halogens is 3. The molecule has 4 nitrogen and oxygen atoms in total. The highest BCUT2D eigenvalue weighted by atomic mass is 32.2. The summed E-state index contributed by atoms with van der Waals surface area (Å²) >= 11 is 0. The van der Waals surface area contributed by atoms with Crippen LogP contribution in [0.3, 0.4) is 0 Å². The van der Waals surface area contributed by atoms with E-state index in [1.165, 1.54) is 35.7 Å². The molecule has 146 valence electrons. The van der Waals surface area contributed by atoms with E-state index in [2.05, 4.69) is 0 Å². The second kappa shape index (κ2) is 7.52. The van der Waals surface area contributed by atoms with Gasteiger partial charge in [0.05, 0.1) is 17.6 Å². The number of hydrogen-bond acceptors (Lipinski definition) is 3. The predicted molar refractivity (Wildman–Crippen MR) is 95.2 cm³/mol. The van der Waals surface area contributed by atoms with E-state index in [1.807, 2.05) is 0 Å². The standard InChI is InChI=1S/C19H20F3NO3S/c1-26-15-6-8-16(9-7-15)27(24,25)23-12-10-14(11-13-23)17-4-2-3-5-18(17)19(20,21)22/h2-9,14H,10-13H2,1H3. The van der Waals surface area contributed by atoms with Crippen molar-refractivity contribution in [3.63, 3.8) is 0 Å². The topological polar surface area (TPSA) is 46.6 Å². The summed E-state index contributed by atoms with van der Waals surface area (Å²) < 4.78 is 71.6. The van der Waals surface area contributed by atoms with Gasteiger partial charge in [0.15, 0.2) is 0 Å². The van der Waals surface area contributed by atoms with Gasteiger partial charge in [0, 0.05) is 13.1 Å². The zero-order valence-electron chi connectivity index (χ0n) is 14.7. The Bertz CT molecular complexity index is 887. The van der Waals surface area contributed by atoms with Crippen LogP contribution in [0, 0.1) is 0 Å². The first kappa shape index (κ1) is 19.7. The highest BCUT2D eigenvalue weighted by molar-refractivity contribution is 7.89. The second-order valence-corrected chi connectivity index (χ2v) is 8.38. The third-order valence-electron chi connectivity index (χ3n) is 4.86. The van der Waals surface area contributed by atoms with Gasteiger partial charge in [-0.1, -0.05) is 18.2 Å². The Morgan fingerprint density at radius 2 is 1.59 bits per heavy atom. The molecule has 2 aromatic rings. The maximum absolute atomic E-state index is 13.2. The van der Waals surface area contributed by atoms with Crippen LogP contribution in [0.5, 0.6) is 5.75 Å². The largest absolute Gasteiger partial charge is 0.497 e. The molecule has 0 radical (unpaired) electrons. The van der Waals surface area contributed by atoms with E-state index in [-0.39, 0.29) is 29.5 Å². The molecule has 1 aliphatic heterocycles. The van der Waals surface area contributed by atoms with Crippen molar-refractivity contribution in [3.05, 3.63) is 59.7 Å². The fourth-order valence-corrected chi connectivity index (χ4v) is 4.88. The molecule has 0 spiro atoms. The first-order valence-corrected chi connectivity index (χ1v) is 9.98. The van der Waals surface area contributed by atoms with E-state index in [1.54, 1.807) is 18.2 Å². The molecular formula is C19H20F3NO3S. The molecule has 2 aromatic carbocycles. The third-order valence-corrected chi connectivity index (χ3v) is 6.77. The van der Waals surface area contributed by atoms with Crippen molar-refractivity contribution in [2.45, 2.75) is 29.8 Å². The van der Waals surface area contributed by atoms with E-state index >= 15 is 0 Å². The Hall–Kier alpha value is -2.06. The molecule has 0 aromatic heterocycles. The smallest absolute Gasteiger partial charge is 0.416 e. The fraction of sp³-hybridized carbons (Fsp3) is 0.368. The van der Waals surface area contributed by atoms with Gasteiger partial charge in [-0.05, 0) is 54.7 Å². The molecule has 8 heteroatoms. The highest BCUT2D eigenvalue weighted by Gasteiger charge is 2.37. The lowest BCUT2D eigenvalue weighted by Gasteiger charge is -2.32. The second-order valence-electron chi connectivity index (χ2n) is 6.44. The summed E-state index contributed by atoms with van der Waals surface area (Å²) in [6.07, 6.45) is -3.71. The predicted octanol–water partition coefficient (Wildman–Crippen LogP) is 4.28. The Morgan fingerprint density at radius 1 is 1.00 bits per heavy atom. The molecule has 0 amide bonds. The molecule has 1 aliphatic rings. The number of piperidine rings is 1. The van der Waals surface area contributed by atoms with Crippen molar-refractivity contribution in [1.82, 2.24) is 4.31 Å². The number of sulfonamides is 1. The lowest BCUT2D eigenvalue weighted by atomic mass is 9.87. The van der Waals surface area contributed by atoms with Crippen LogP contribution in [-0.4, -0.2) is 32.9 Å². The molecule has 27 heavy (non-hydrogen) atoms. The summed E-state index contributed by atoms with van der Waals surface area (Å²) in [5, 5.41) is 0. The number of rotatable bonds is 4. The first-order chi connectivity index (χ1) is 12.7. The van der Waals surface area contributed by atoms with Gasteiger partial charge in [-0.3, -0.25) is 0 Å². The first-order valence-electron chi connectivity index (χ1n) is 8.54. The Balaban J connectivity index is 1.75. The number of alkyl halides is 3. The van der Waals surface area contributed by atoms with Gasteiger partial charge in [0.25, 0.3) is 0 Å². The molecule has 0 saturated carbocycles. The molecule has 1 fully saturated rings. The van der Waals surface area contributed by atoms with Crippen LogP contribution in [0.25, 0.3) is 0 Å². The van der Waals surface area contributed by atoms with Crippen LogP contribution < -0.4 is 4.74 Å². The molecule has 0 unspecified atom stereocenters. The van der Waals surface area contributed by atoms with E-state index < -0.39 is 21.8 Å². The highest BCUT2D eigenvalue weighted by Crippen LogP contribution is 2.39. The zero-order valence-corrected chi connectivity index (χ0v) is 15.6. The van der Waals surface area contributed by atoms with Crippen molar-refractivity contribution >= 4 is 10.0 Å². The van der Waals surface area contributed by atoms with Crippen LogP contribution in [0.1, 0.15) is 29.9 Å². The van der Waals surface area contributed by atoms with Crippen LogP contribution >= 0.6 is 0 Å². The SMILES string of the molecule is COc1ccc(S(=O)(=O)N2CCC(c3ccccc3C(F)(F)F)CC2)cc1. The normalized spacial score (nSPS) is 17.0. The monoisotopic (exact) mass is 399 g/mol. The van der Waals surface area contributed by atoms with Crippen LogP contribution in [0.2, 0.25) is 0 Å². The van der Waals surface area contributed by atoms with Crippen molar-refractivity contribution < 1.29 is 26.3 Å². The van der Waals surface area contributed by atoms with E-state index in [9.17, 15) is 21.6 Å². The number of hydrogen-bond donors (Lipinski definition) is 0. The number of ether oxygens (including phenoxy) is 1. The molecule has 1 heterocycles. The number of nitrogens with zero attached hydrogens (tertiary/aromatic N) is 1. The number of methoxy groups -OCH3 is 1. The van der Waals surface area contributed by atoms with Gasteiger partial charge in [0.2, 0.25) is 10.0 Å². The van der Waals surface area contributed by atoms with Gasteiger partial charge in [-0.25, -0.2) is 8.42 Å². The molecule has 0 atom stereocenters. The molecule has 0 aliphatic carbocycles.